The molecule has 0 bridgehead atoms. The van der Waals surface area contributed by atoms with Gasteiger partial charge in [0.15, 0.2) is 33.7 Å². The monoisotopic (exact) mass is 503 g/mol. The van der Waals surface area contributed by atoms with Crippen LogP contribution >= 0.6 is 15.9 Å². The highest BCUT2D eigenvalue weighted by molar-refractivity contribution is 9.11. The minimum atomic E-state index is -0.855. The SMILES string of the molecule is CC1(C)O[C@@H]2[C@H](O1)[C@@H](/C=C(\F)Br)O[C@H]2n1cnc2c(NC(=O)c3ccccc3)ncnc21. The summed E-state index contributed by atoms with van der Waals surface area (Å²) in [6.45, 7) is 3.58. The minimum absolute atomic E-state index is 0.268. The summed E-state index contributed by atoms with van der Waals surface area (Å²) in [4.78, 5) is 25.5. The standard InChI is InChI=1S/C21H19BrFN5O4/c1-21(2)31-15-12(8-13(22)23)30-20(16(15)32-21)28-10-26-14-17(24-9-25-18(14)28)27-19(29)11-6-4-3-5-7-11/h3-10,12,15-16,20H,1-2H3,(H,24,25,27,29)/b13-8-/t12-,15-,16-,20-/m1/s1. The van der Waals surface area contributed by atoms with Gasteiger partial charge in [0.25, 0.3) is 5.91 Å². The summed E-state index contributed by atoms with van der Waals surface area (Å²) in [6.07, 6.45) is 1.77. The number of nitrogens with zero attached hydrogens (tertiary/aromatic N) is 4. The molecule has 9 nitrogen and oxygen atoms in total. The summed E-state index contributed by atoms with van der Waals surface area (Å²) >= 11 is 2.81. The van der Waals surface area contributed by atoms with Gasteiger partial charge in [0.05, 0.1) is 6.33 Å². The lowest BCUT2D eigenvalue weighted by molar-refractivity contribution is -0.191. The number of ether oxygens (including phenoxy) is 3. The van der Waals surface area contributed by atoms with Gasteiger partial charge >= 0.3 is 0 Å². The maximum atomic E-state index is 13.6. The first kappa shape index (κ1) is 21.1. The fraction of sp³-hybridized carbons (Fsp3) is 0.333. The first-order chi connectivity index (χ1) is 15.3. The Labute approximate surface area is 190 Å². The highest BCUT2D eigenvalue weighted by Gasteiger charge is 2.55. The number of carbonyl (C=O) groups is 1. The summed E-state index contributed by atoms with van der Waals surface area (Å²) in [5.41, 5.74) is 1.32. The number of aromatic nitrogens is 4. The van der Waals surface area contributed by atoms with E-state index in [0.29, 0.717) is 16.7 Å². The lowest BCUT2D eigenvalue weighted by atomic mass is 10.1. The van der Waals surface area contributed by atoms with E-state index in [9.17, 15) is 9.18 Å². The first-order valence-corrected chi connectivity index (χ1v) is 10.7. The van der Waals surface area contributed by atoms with Crippen molar-refractivity contribution in [2.24, 2.45) is 0 Å². The summed E-state index contributed by atoms with van der Waals surface area (Å²) < 4.78 is 32.7. The number of rotatable bonds is 4. The highest BCUT2D eigenvalue weighted by atomic mass is 79.9. The van der Waals surface area contributed by atoms with Crippen molar-refractivity contribution >= 4 is 38.8 Å². The number of benzene rings is 1. The Hall–Kier alpha value is -2.73. The predicted octanol–water partition coefficient (Wildman–Crippen LogP) is 3.70. The number of imidazole rings is 1. The third-order valence-corrected chi connectivity index (χ3v) is 5.52. The molecule has 1 N–H and O–H groups in total. The fourth-order valence-corrected chi connectivity index (χ4v) is 4.25. The molecule has 2 aliphatic heterocycles. The number of hydrogen-bond donors (Lipinski definition) is 1. The molecule has 3 aromatic rings. The average Bonchev–Trinajstić information content (AvgIpc) is 3.40. The van der Waals surface area contributed by atoms with Crippen LogP contribution in [0.15, 0.2) is 53.8 Å². The maximum absolute atomic E-state index is 13.6. The number of amides is 1. The fourth-order valence-electron chi connectivity index (χ4n) is 3.99. The lowest BCUT2D eigenvalue weighted by Gasteiger charge is -2.23. The molecule has 5 rings (SSSR count). The van der Waals surface area contributed by atoms with Crippen LogP contribution in [0.4, 0.5) is 10.2 Å². The number of halogens is 2. The molecule has 4 atom stereocenters. The number of carbonyl (C=O) groups excluding carboxylic acids is 1. The van der Waals surface area contributed by atoms with Gasteiger partial charge in [-0.05, 0) is 48.0 Å². The molecule has 2 saturated heterocycles. The molecule has 0 radical (unpaired) electrons. The molecule has 4 heterocycles. The van der Waals surface area contributed by atoms with Crippen LogP contribution in [-0.4, -0.2) is 49.5 Å². The molecule has 2 aliphatic rings. The summed E-state index contributed by atoms with van der Waals surface area (Å²) in [5.74, 6) is -0.902. The van der Waals surface area contributed by atoms with Crippen LogP contribution < -0.4 is 5.32 Å². The molecule has 1 amide bonds. The Morgan fingerprint density at radius 2 is 1.94 bits per heavy atom. The second-order valence-corrected chi connectivity index (χ2v) is 8.64. The van der Waals surface area contributed by atoms with Gasteiger partial charge in [-0.15, -0.1) is 0 Å². The second kappa shape index (κ2) is 8.00. The third-order valence-electron chi connectivity index (χ3n) is 5.26. The van der Waals surface area contributed by atoms with Crippen molar-refractivity contribution in [2.75, 3.05) is 5.32 Å². The average molecular weight is 504 g/mol. The van der Waals surface area contributed by atoms with E-state index in [0.717, 1.165) is 0 Å². The van der Waals surface area contributed by atoms with Gasteiger partial charge in [-0.2, -0.15) is 4.39 Å². The molecule has 0 spiro atoms. The van der Waals surface area contributed by atoms with Gasteiger partial charge in [-0.1, -0.05) is 18.2 Å². The van der Waals surface area contributed by atoms with Gasteiger partial charge in [0.1, 0.15) is 24.6 Å². The van der Waals surface area contributed by atoms with E-state index in [1.807, 2.05) is 6.07 Å². The molecule has 166 valence electrons. The molecule has 0 unspecified atom stereocenters. The Balaban J connectivity index is 1.48. The molecule has 0 aliphatic carbocycles. The van der Waals surface area contributed by atoms with E-state index in [1.165, 1.54) is 18.7 Å². The zero-order chi connectivity index (χ0) is 22.5. The van der Waals surface area contributed by atoms with Gasteiger partial charge in [0, 0.05) is 5.56 Å². The van der Waals surface area contributed by atoms with Crippen LogP contribution in [0.5, 0.6) is 0 Å². The van der Waals surface area contributed by atoms with E-state index < -0.39 is 35.1 Å². The smallest absolute Gasteiger partial charge is 0.256 e. The van der Waals surface area contributed by atoms with E-state index in [-0.39, 0.29) is 11.7 Å². The first-order valence-electron chi connectivity index (χ1n) is 9.90. The van der Waals surface area contributed by atoms with Crippen molar-refractivity contribution in [3.8, 4) is 0 Å². The molecule has 0 saturated carbocycles. The Morgan fingerprint density at radius 3 is 2.69 bits per heavy atom. The minimum Gasteiger partial charge on any atom is -0.345 e. The van der Waals surface area contributed by atoms with Crippen molar-refractivity contribution in [3.05, 3.63) is 59.4 Å². The van der Waals surface area contributed by atoms with E-state index in [4.69, 9.17) is 14.2 Å². The van der Waals surface area contributed by atoms with Gasteiger partial charge < -0.3 is 19.5 Å². The lowest BCUT2D eigenvalue weighted by Crippen LogP contribution is -2.28. The highest BCUT2D eigenvalue weighted by Crippen LogP contribution is 2.44. The van der Waals surface area contributed by atoms with Crippen LogP contribution in [0.25, 0.3) is 11.2 Å². The Morgan fingerprint density at radius 1 is 1.19 bits per heavy atom. The molecule has 11 heteroatoms. The van der Waals surface area contributed by atoms with Gasteiger partial charge in [-0.25, -0.2) is 15.0 Å². The number of fused-ring (bicyclic) bond motifs is 2. The van der Waals surface area contributed by atoms with Crippen molar-refractivity contribution in [1.29, 1.82) is 0 Å². The topological polar surface area (TPSA) is 100 Å². The van der Waals surface area contributed by atoms with Crippen LogP contribution in [0, 0.1) is 0 Å². The van der Waals surface area contributed by atoms with Crippen molar-refractivity contribution in [3.63, 3.8) is 0 Å². The number of hydrogen-bond acceptors (Lipinski definition) is 7. The van der Waals surface area contributed by atoms with Gasteiger partial charge in [-0.3, -0.25) is 9.36 Å². The van der Waals surface area contributed by atoms with Crippen molar-refractivity contribution < 1.29 is 23.4 Å². The van der Waals surface area contributed by atoms with E-state index >= 15 is 0 Å². The molecule has 1 aromatic carbocycles. The quantitative estimate of drug-likeness (QED) is 0.579. The molecular weight excluding hydrogens is 485 g/mol. The molecule has 2 fully saturated rings. The van der Waals surface area contributed by atoms with Crippen LogP contribution in [-0.2, 0) is 14.2 Å². The van der Waals surface area contributed by atoms with Crippen LogP contribution in [0.1, 0.15) is 30.4 Å². The van der Waals surface area contributed by atoms with Crippen LogP contribution in [0.3, 0.4) is 0 Å². The molecule has 32 heavy (non-hydrogen) atoms. The van der Waals surface area contributed by atoms with Crippen molar-refractivity contribution in [1.82, 2.24) is 19.5 Å². The normalized spacial score (nSPS) is 26.9. The predicted molar refractivity (Wildman–Crippen MR) is 116 cm³/mol. The van der Waals surface area contributed by atoms with Crippen LogP contribution in [0.2, 0.25) is 0 Å². The summed E-state index contributed by atoms with van der Waals surface area (Å²) in [6, 6.07) is 8.79. The zero-order valence-corrected chi connectivity index (χ0v) is 18.7. The zero-order valence-electron chi connectivity index (χ0n) is 17.1. The Kier molecular flexibility index (Phi) is 5.28. The van der Waals surface area contributed by atoms with Gasteiger partial charge in [0.2, 0.25) is 0 Å². The Bertz CT molecular complexity index is 1200. The summed E-state index contributed by atoms with van der Waals surface area (Å²) in [7, 11) is 0. The summed E-state index contributed by atoms with van der Waals surface area (Å²) in [5, 5.41) is 2.77. The molecule has 2 aromatic heterocycles. The second-order valence-electron chi connectivity index (χ2n) is 7.88. The number of nitrogens with one attached hydrogen (secondary N) is 1. The maximum Gasteiger partial charge on any atom is 0.256 e. The van der Waals surface area contributed by atoms with E-state index in [2.05, 4.69) is 36.2 Å². The number of anilines is 1. The third kappa shape index (κ3) is 3.81. The largest absolute Gasteiger partial charge is 0.345 e. The van der Waals surface area contributed by atoms with Crippen molar-refractivity contribution in [2.45, 2.75) is 44.2 Å². The van der Waals surface area contributed by atoms with E-state index in [1.54, 1.807) is 42.7 Å². The molecular formula is C21H19BrFN5O4.